The molecule has 0 radical (unpaired) electrons. The molecule has 0 bridgehead atoms. The van der Waals surface area contributed by atoms with Crippen LogP contribution in [0.25, 0.3) is 0 Å². The van der Waals surface area contributed by atoms with E-state index in [0.29, 0.717) is 5.56 Å². The van der Waals surface area contributed by atoms with E-state index in [2.05, 4.69) is 31.2 Å². The summed E-state index contributed by atoms with van der Waals surface area (Å²) in [5, 5.41) is 3.03. The van der Waals surface area contributed by atoms with E-state index in [0.717, 1.165) is 15.7 Å². The van der Waals surface area contributed by atoms with Crippen molar-refractivity contribution in [2.45, 2.75) is 6.04 Å². The topological polar surface area (TPSA) is 54.9 Å². The highest BCUT2D eigenvalue weighted by Gasteiger charge is 2.19. The summed E-state index contributed by atoms with van der Waals surface area (Å²) in [6.07, 6.45) is 4.91. The van der Waals surface area contributed by atoms with Crippen molar-refractivity contribution in [3.05, 3.63) is 94.5 Å². The van der Waals surface area contributed by atoms with Gasteiger partial charge in [0.1, 0.15) is 0 Å². The second-order valence-electron chi connectivity index (χ2n) is 4.96. The molecule has 0 aliphatic heterocycles. The number of nitrogens with one attached hydrogen (secondary N) is 1. The number of nitrogens with zero attached hydrogens (tertiary/aromatic N) is 2. The Morgan fingerprint density at radius 2 is 1.83 bits per heavy atom. The van der Waals surface area contributed by atoms with Crippen LogP contribution in [0.2, 0.25) is 0 Å². The highest BCUT2D eigenvalue weighted by atomic mass is 79.9. The maximum atomic E-state index is 12.6. The Labute approximate surface area is 142 Å². The van der Waals surface area contributed by atoms with Crippen LogP contribution < -0.4 is 5.32 Å². The lowest BCUT2D eigenvalue weighted by atomic mass is 10.0. The van der Waals surface area contributed by atoms with Crippen LogP contribution in [0.5, 0.6) is 0 Å². The zero-order valence-corrected chi connectivity index (χ0v) is 13.8. The van der Waals surface area contributed by atoms with Crippen molar-refractivity contribution in [1.82, 2.24) is 15.3 Å². The molecule has 4 nitrogen and oxygen atoms in total. The van der Waals surface area contributed by atoms with Crippen LogP contribution in [-0.2, 0) is 0 Å². The molecule has 1 N–H and O–H groups in total. The summed E-state index contributed by atoms with van der Waals surface area (Å²) in [7, 11) is 0. The number of carbonyl (C=O) groups excluding carboxylic acids is 1. The molecule has 0 saturated heterocycles. The van der Waals surface area contributed by atoms with Gasteiger partial charge in [-0.1, -0.05) is 36.4 Å². The van der Waals surface area contributed by atoms with Crippen LogP contribution in [0.3, 0.4) is 0 Å². The van der Waals surface area contributed by atoms with Crippen LogP contribution in [0.15, 0.2) is 77.7 Å². The predicted molar refractivity (Wildman–Crippen MR) is 91.9 cm³/mol. The summed E-state index contributed by atoms with van der Waals surface area (Å²) in [6, 6.07) is 16.9. The molecule has 0 spiro atoms. The van der Waals surface area contributed by atoms with Gasteiger partial charge in [-0.2, -0.15) is 0 Å². The Morgan fingerprint density at radius 3 is 2.52 bits per heavy atom. The number of benzene rings is 1. The number of pyridine rings is 2. The van der Waals surface area contributed by atoms with Gasteiger partial charge in [-0.25, -0.2) is 0 Å². The number of hydrogen-bond acceptors (Lipinski definition) is 3. The number of halogens is 1. The average Bonchev–Trinajstić information content (AvgIpc) is 2.61. The molecule has 0 fully saturated rings. The molecule has 3 rings (SSSR count). The zero-order chi connectivity index (χ0) is 16.1. The predicted octanol–water partition coefficient (Wildman–Crippen LogP) is 3.76. The molecule has 23 heavy (non-hydrogen) atoms. The number of amides is 1. The molecule has 2 aromatic heterocycles. The lowest BCUT2D eigenvalue weighted by Crippen LogP contribution is -2.30. The van der Waals surface area contributed by atoms with Gasteiger partial charge < -0.3 is 5.32 Å². The molecule has 1 aromatic carbocycles. The fourth-order valence-corrected chi connectivity index (χ4v) is 2.64. The first kappa shape index (κ1) is 15.4. The maximum absolute atomic E-state index is 12.6. The van der Waals surface area contributed by atoms with Crippen molar-refractivity contribution in [2.24, 2.45) is 0 Å². The molecule has 1 unspecified atom stereocenters. The third kappa shape index (κ3) is 3.81. The number of hydrogen-bond donors (Lipinski definition) is 1. The van der Waals surface area contributed by atoms with Gasteiger partial charge in [-0.05, 0) is 39.7 Å². The maximum Gasteiger partial charge on any atom is 0.253 e. The van der Waals surface area contributed by atoms with Gasteiger partial charge in [-0.3, -0.25) is 14.8 Å². The molecular formula is C18H14BrN3O. The van der Waals surface area contributed by atoms with Gasteiger partial charge >= 0.3 is 0 Å². The lowest BCUT2D eigenvalue weighted by Gasteiger charge is -2.19. The quantitative estimate of drug-likeness (QED) is 0.763. The van der Waals surface area contributed by atoms with Crippen molar-refractivity contribution in [3.8, 4) is 0 Å². The first-order valence-corrected chi connectivity index (χ1v) is 7.90. The fraction of sp³-hybridized carbons (Fsp3) is 0.0556. The molecule has 1 atom stereocenters. The van der Waals surface area contributed by atoms with Gasteiger partial charge in [0, 0.05) is 23.1 Å². The molecule has 1 amide bonds. The Hall–Kier alpha value is -2.53. The minimum absolute atomic E-state index is 0.196. The molecule has 0 aliphatic rings. The Morgan fingerprint density at radius 1 is 1.04 bits per heavy atom. The van der Waals surface area contributed by atoms with Crippen LogP contribution >= 0.6 is 15.9 Å². The standard InChI is InChI=1S/C18H14BrN3O/c19-15-10-14(11-20-12-15)18(23)22-17(13-6-2-1-3-7-13)16-8-4-5-9-21-16/h1-12,17H,(H,22,23). The largest absolute Gasteiger partial charge is 0.339 e. The fourth-order valence-electron chi connectivity index (χ4n) is 2.27. The highest BCUT2D eigenvalue weighted by molar-refractivity contribution is 9.10. The Kier molecular flexibility index (Phi) is 4.78. The minimum atomic E-state index is -0.316. The summed E-state index contributed by atoms with van der Waals surface area (Å²) in [4.78, 5) is 21.0. The molecular weight excluding hydrogens is 354 g/mol. The Balaban J connectivity index is 1.92. The van der Waals surface area contributed by atoms with Crippen LogP contribution in [0.1, 0.15) is 27.7 Å². The minimum Gasteiger partial charge on any atom is -0.339 e. The zero-order valence-electron chi connectivity index (χ0n) is 12.2. The third-order valence-corrected chi connectivity index (χ3v) is 3.79. The van der Waals surface area contributed by atoms with Gasteiger partial charge in [0.15, 0.2) is 0 Å². The summed E-state index contributed by atoms with van der Waals surface area (Å²) in [5.74, 6) is -0.196. The monoisotopic (exact) mass is 367 g/mol. The smallest absolute Gasteiger partial charge is 0.253 e. The molecule has 3 aromatic rings. The van der Waals surface area contributed by atoms with Crippen molar-refractivity contribution in [2.75, 3.05) is 0 Å². The summed E-state index contributed by atoms with van der Waals surface area (Å²) < 4.78 is 0.763. The van der Waals surface area contributed by atoms with E-state index in [-0.39, 0.29) is 11.9 Å². The normalized spacial score (nSPS) is 11.7. The van der Waals surface area contributed by atoms with Gasteiger partial charge in [0.2, 0.25) is 0 Å². The van der Waals surface area contributed by atoms with Crippen molar-refractivity contribution in [1.29, 1.82) is 0 Å². The van der Waals surface area contributed by atoms with E-state index in [1.165, 1.54) is 0 Å². The third-order valence-electron chi connectivity index (χ3n) is 3.36. The first-order valence-electron chi connectivity index (χ1n) is 7.11. The van der Waals surface area contributed by atoms with Crippen LogP contribution in [0.4, 0.5) is 0 Å². The Bertz CT molecular complexity index is 754. The first-order chi connectivity index (χ1) is 11.2. The van der Waals surface area contributed by atoms with Crippen LogP contribution in [0, 0.1) is 0 Å². The lowest BCUT2D eigenvalue weighted by molar-refractivity contribution is 0.0942. The summed E-state index contributed by atoms with van der Waals surface area (Å²) in [6.45, 7) is 0. The van der Waals surface area contributed by atoms with Gasteiger partial charge in [-0.15, -0.1) is 0 Å². The molecule has 0 saturated carbocycles. The molecule has 114 valence electrons. The van der Waals surface area contributed by atoms with E-state index in [4.69, 9.17) is 0 Å². The highest BCUT2D eigenvalue weighted by Crippen LogP contribution is 2.21. The SMILES string of the molecule is O=C(NC(c1ccccc1)c1ccccn1)c1cncc(Br)c1. The second-order valence-corrected chi connectivity index (χ2v) is 5.88. The van der Waals surface area contributed by atoms with E-state index >= 15 is 0 Å². The van der Waals surface area contributed by atoms with E-state index in [9.17, 15) is 4.79 Å². The van der Waals surface area contributed by atoms with Crippen molar-refractivity contribution >= 4 is 21.8 Å². The van der Waals surface area contributed by atoms with Crippen LogP contribution in [-0.4, -0.2) is 15.9 Å². The summed E-state index contributed by atoms with van der Waals surface area (Å²) >= 11 is 3.33. The van der Waals surface area contributed by atoms with Gasteiger partial charge in [0.05, 0.1) is 17.3 Å². The second kappa shape index (κ2) is 7.15. The molecule has 5 heteroatoms. The van der Waals surface area contributed by atoms with E-state index in [1.54, 1.807) is 24.7 Å². The molecule has 0 aliphatic carbocycles. The molecule has 2 heterocycles. The van der Waals surface area contributed by atoms with Crippen molar-refractivity contribution in [3.63, 3.8) is 0 Å². The number of aromatic nitrogens is 2. The number of rotatable bonds is 4. The van der Waals surface area contributed by atoms with E-state index in [1.807, 2.05) is 48.5 Å². The van der Waals surface area contributed by atoms with Crippen molar-refractivity contribution < 1.29 is 4.79 Å². The van der Waals surface area contributed by atoms with E-state index < -0.39 is 0 Å². The number of carbonyl (C=O) groups is 1. The van der Waals surface area contributed by atoms with Gasteiger partial charge in [0.25, 0.3) is 5.91 Å². The summed E-state index contributed by atoms with van der Waals surface area (Å²) in [5.41, 5.74) is 2.26. The average molecular weight is 368 g/mol.